The molecule has 5 aromatic rings. The van der Waals surface area contributed by atoms with Crippen LogP contribution in [0.4, 0.5) is 4.39 Å². The molecule has 0 radical (unpaired) electrons. The number of thioether (sulfide) groups is 1. The first-order valence-electron chi connectivity index (χ1n) is 13.5. The molecule has 0 spiro atoms. The van der Waals surface area contributed by atoms with Gasteiger partial charge in [-0.3, -0.25) is 14.2 Å². The number of nitrogens with one attached hydrogen (secondary N) is 1. The van der Waals surface area contributed by atoms with E-state index in [9.17, 15) is 14.0 Å². The molecule has 1 N–H and O–H groups in total. The zero-order valence-corrected chi connectivity index (χ0v) is 24.6. The summed E-state index contributed by atoms with van der Waals surface area (Å²) in [7, 11) is 3.38. The van der Waals surface area contributed by atoms with Crippen LogP contribution in [0.5, 0.6) is 0 Å². The number of hydrogen-bond acceptors (Lipinski definition) is 7. The van der Waals surface area contributed by atoms with E-state index in [1.165, 1.54) is 40.5 Å². The van der Waals surface area contributed by atoms with E-state index in [4.69, 9.17) is 4.98 Å². The van der Waals surface area contributed by atoms with E-state index in [1.807, 2.05) is 41.8 Å². The maximum atomic E-state index is 14.7. The quantitative estimate of drug-likeness (QED) is 0.171. The average molecular weight is 591 g/mol. The van der Waals surface area contributed by atoms with Gasteiger partial charge in [-0.25, -0.2) is 9.37 Å². The summed E-state index contributed by atoms with van der Waals surface area (Å²) >= 11 is 2.95. The first-order chi connectivity index (χ1) is 20.0. The van der Waals surface area contributed by atoms with Crippen LogP contribution in [0.2, 0.25) is 0 Å². The second-order valence-electron chi connectivity index (χ2n) is 10.0. The van der Waals surface area contributed by atoms with Crippen LogP contribution in [0, 0.1) is 5.82 Å². The molecule has 0 bridgehead atoms. The molecule has 2 aromatic carbocycles. The van der Waals surface area contributed by atoms with Crippen molar-refractivity contribution in [2.45, 2.75) is 49.1 Å². The molecule has 1 fully saturated rings. The second kappa shape index (κ2) is 13.2. The largest absolute Gasteiger partial charge is 0.351 e. The van der Waals surface area contributed by atoms with Crippen molar-refractivity contribution in [3.8, 4) is 22.5 Å². The Kier molecular flexibility index (Phi) is 9.25. The molecule has 3 heterocycles. The number of halogens is 1. The Morgan fingerprint density at radius 3 is 2.46 bits per heavy atom. The minimum absolute atomic E-state index is 0.142. The van der Waals surface area contributed by atoms with Gasteiger partial charge in [0.2, 0.25) is 6.41 Å². The van der Waals surface area contributed by atoms with E-state index in [0.717, 1.165) is 48.4 Å². The minimum Gasteiger partial charge on any atom is -0.351 e. The molecule has 3 aromatic heterocycles. The van der Waals surface area contributed by atoms with Crippen LogP contribution < -0.4 is 5.56 Å². The van der Waals surface area contributed by atoms with E-state index < -0.39 is 0 Å². The molecule has 0 saturated heterocycles. The van der Waals surface area contributed by atoms with Crippen molar-refractivity contribution >= 4 is 39.7 Å². The molecule has 0 aliphatic heterocycles. The Bertz CT molecular complexity index is 1680. The Morgan fingerprint density at radius 1 is 1.05 bits per heavy atom. The number of thiophene rings is 1. The summed E-state index contributed by atoms with van der Waals surface area (Å²) in [5, 5.41) is 12.2. The van der Waals surface area contributed by atoms with Gasteiger partial charge in [0, 0.05) is 31.1 Å². The lowest BCUT2D eigenvalue weighted by atomic mass is 9.95. The second-order valence-corrected chi connectivity index (χ2v) is 11.8. The number of H-pyrrole nitrogens is 1. The van der Waals surface area contributed by atoms with Gasteiger partial charge in [0.1, 0.15) is 16.5 Å². The van der Waals surface area contributed by atoms with Crippen LogP contribution in [0.15, 0.2) is 69.9 Å². The lowest BCUT2D eigenvalue weighted by molar-refractivity contribution is -0.115. The number of aromatic amines is 1. The van der Waals surface area contributed by atoms with Crippen LogP contribution in [0.25, 0.3) is 32.7 Å². The van der Waals surface area contributed by atoms with E-state index >= 15 is 0 Å². The van der Waals surface area contributed by atoms with Crippen LogP contribution in [0.1, 0.15) is 44.0 Å². The number of carbonyl (C=O) groups excluding carboxylic acids is 1. The summed E-state index contributed by atoms with van der Waals surface area (Å²) in [6.07, 6.45) is 6.28. The number of benzene rings is 2. The smallest absolute Gasteiger partial charge is 0.260 e. The molecule has 0 unspecified atom stereocenters. The summed E-state index contributed by atoms with van der Waals surface area (Å²) in [6, 6.07) is 16.8. The fraction of sp³-hybridized carbons (Fsp3) is 0.300. The van der Waals surface area contributed by atoms with Crippen molar-refractivity contribution in [1.29, 1.82) is 0 Å². The van der Waals surface area contributed by atoms with E-state index in [1.54, 1.807) is 26.2 Å². The van der Waals surface area contributed by atoms with Gasteiger partial charge in [-0.1, -0.05) is 73.5 Å². The van der Waals surface area contributed by atoms with Crippen molar-refractivity contribution in [2.75, 3.05) is 14.1 Å². The molecule has 1 aliphatic rings. The predicted molar refractivity (Wildman–Crippen MR) is 163 cm³/mol. The summed E-state index contributed by atoms with van der Waals surface area (Å²) in [4.78, 5) is 32.3. The third-order valence-corrected chi connectivity index (χ3v) is 8.67. The maximum absolute atomic E-state index is 14.7. The molecular weight excluding hydrogens is 560 g/mol. The summed E-state index contributed by atoms with van der Waals surface area (Å²) in [5.41, 5.74) is 2.22. The van der Waals surface area contributed by atoms with Gasteiger partial charge in [-0.05, 0) is 30.5 Å². The van der Waals surface area contributed by atoms with Crippen molar-refractivity contribution < 1.29 is 9.18 Å². The van der Waals surface area contributed by atoms with E-state index in [-0.39, 0.29) is 17.4 Å². The monoisotopic (exact) mass is 590 g/mol. The van der Waals surface area contributed by atoms with Crippen molar-refractivity contribution in [3.05, 3.63) is 82.0 Å². The normalized spacial score (nSPS) is 13.5. The molecule has 41 heavy (non-hydrogen) atoms. The fourth-order valence-electron chi connectivity index (χ4n) is 4.89. The number of nitrogens with zero attached hydrogens (tertiary/aromatic N) is 5. The van der Waals surface area contributed by atoms with Gasteiger partial charge in [0.15, 0.2) is 11.0 Å². The van der Waals surface area contributed by atoms with Gasteiger partial charge < -0.3 is 9.88 Å². The zero-order valence-electron chi connectivity index (χ0n) is 22.9. The molecule has 6 rings (SSSR count). The highest BCUT2D eigenvalue weighted by Gasteiger charge is 2.25. The Hall–Kier alpha value is -3.83. The highest BCUT2D eigenvalue weighted by molar-refractivity contribution is 7.98. The average Bonchev–Trinajstić information content (AvgIpc) is 3.62. The molecule has 1 amide bonds. The van der Waals surface area contributed by atoms with Crippen molar-refractivity contribution in [2.24, 2.45) is 0 Å². The Balaban J connectivity index is 0.000000623. The van der Waals surface area contributed by atoms with Crippen molar-refractivity contribution in [3.63, 3.8) is 0 Å². The molecule has 0 atom stereocenters. The predicted octanol–water partition coefficient (Wildman–Crippen LogP) is 6.55. The number of hydrogen-bond donors (Lipinski definition) is 1. The molecule has 8 nitrogen and oxygen atoms in total. The van der Waals surface area contributed by atoms with Crippen LogP contribution in [-0.4, -0.2) is 50.1 Å². The van der Waals surface area contributed by atoms with Gasteiger partial charge in [0.25, 0.3) is 5.56 Å². The molecule has 11 heteroatoms. The molecular formula is C30H31FN6O2S2. The van der Waals surface area contributed by atoms with Crippen molar-refractivity contribution in [1.82, 2.24) is 29.6 Å². The third kappa shape index (κ3) is 6.57. The van der Waals surface area contributed by atoms with Crippen LogP contribution in [-0.2, 0) is 10.5 Å². The molecule has 212 valence electrons. The first kappa shape index (κ1) is 28.7. The fourth-order valence-corrected chi connectivity index (χ4v) is 6.74. The standard InChI is InChI=1S/C27H24FN5OS2.C3H7NO/c28-21-14-8-7-13-19(21)24-31-32-27(33(24)18-11-5-2-6-12-18)36-16-22-29-25(34)23-20(15-35-26(23)30-22)17-9-3-1-4-10-17;1-4(2)3-5/h1,3-4,7-10,13-15,18H,2,5-6,11-12,16H2,(H,29,30,34);3H,1-2H3. The van der Waals surface area contributed by atoms with E-state index in [0.29, 0.717) is 33.2 Å². The first-order valence-corrected chi connectivity index (χ1v) is 15.3. The van der Waals surface area contributed by atoms with Crippen LogP contribution >= 0.6 is 23.1 Å². The summed E-state index contributed by atoms with van der Waals surface area (Å²) < 4.78 is 16.8. The van der Waals surface area contributed by atoms with Crippen LogP contribution in [0.3, 0.4) is 0 Å². The van der Waals surface area contributed by atoms with Gasteiger partial charge >= 0.3 is 0 Å². The molecule has 1 saturated carbocycles. The number of rotatable bonds is 7. The lowest BCUT2D eigenvalue weighted by Crippen LogP contribution is -2.15. The maximum Gasteiger partial charge on any atom is 0.260 e. The highest BCUT2D eigenvalue weighted by Crippen LogP contribution is 2.37. The lowest BCUT2D eigenvalue weighted by Gasteiger charge is -2.25. The zero-order chi connectivity index (χ0) is 28.8. The van der Waals surface area contributed by atoms with Gasteiger partial charge in [-0.2, -0.15) is 0 Å². The topological polar surface area (TPSA) is 96.8 Å². The molecule has 1 aliphatic carbocycles. The minimum atomic E-state index is -0.304. The summed E-state index contributed by atoms with van der Waals surface area (Å²) in [6.45, 7) is 0. The highest BCUT2D eigenvalue weighted by atomic mass is 32.2. The number of aromatic nitrogens is 5. The number of carbonyl (C=O) groups is 1. The van der Waals surface area contributed by atoms with E-state index in [2.05, 4.69) is 19.7 Å². The number of amides is 1. The number of fused-ring (bicyclic) bond motifs is 1. The summed E-state index contributed by atoms with van der Waals surface area (Å²) in [5.74, 6) is 1.28. The van der Waals surface area contributed by atoms with Gasteiger partial charge in [0.05, 0.1) is 16.7 Å². The van der Waals surface area contributed by atoms with Gasteiger partial charge in [-0.15, -0.1) is 21.5 Å². The SMILES string of the molecule is CN(C)C=O.O=c1[nH]c(CSc2nnc(-c3ccccc3F)n2C2CCCCC2)nc2scc(-c3ccccc3)c12. The Morgan fingerprint density at radius 2 is 1.76 bits per heavy atom. The third-order valence-electron chi connectivity index (χ3n) is 6.85. The Labute approximate surface area is 245 Å².